The molecule has 0 saturated carbocycles. The van der Waals surface area contributed by atoms with Crippen LogP contribution in [0.1, 0.15) is 28.8 Å². The Hall–Kier alpha value is -1.96. The molecule has 4 rings (SSSR count). The van der Waals surface area contributed by atoms with Crippen molar-refractivity contribution in [1.29, 1.82) is 0 Å². The van der Waals surface area contributed by atoms with Crippen molar-refractivity contribution in [2.24, 2.45) is 0 Å². The van der Waals surface area contributed by atoms with Crippen LogP contribution in [-0.4, -0.2) is 104 Å². The van der Waals surface area contributed by atoms with Crippen molar-refractivity contribution in [3.05, 3.63) is 35.4 Å². The molecule has 3 aliphatic rings. The predicted octanol–water partition coefficient (Wildman–Crippen LogP) is 0.899. The van der Waals surface area contributed by atoms with Crippen LogP contribution in [0.15, 0.2) is 24.3 Å². The first kappa shape index (κ1) is 20.3. The van der Waals surface area contributed by atoms with E-state index in [1.165, 1.54) is 5.56 Å². The summed E-state index contributed by atoms with van der Waals surface area (Å²) in [6.45, 7) is 9.69. The van der Waals surface area contributed by atoms with Crippen LogP contribution < -0.4 is 0 Å². The molecule has 29 heavy (non-hydrogen) atoms. The Morgan fingerprint density at radius 1 is 0.759 bits per heavy atom. The smallest absolute Gasteiger partial charge is 0.253 e. The van der Waals surface area contributed by atoms with E-state index in [2.05, 4.69) is 21.9 Å². The first-order valence-electron chi connectivity index (χ1n) is 10.9. The number of ether oxygens (including phenoxy) is 1. The van der Waals surface area contributed by atoms with Gasteiger partial charge < -0.3 is 14.5 Å². The summed E-state index contributed by atoms with van der Waals surface area (Å²) in [6.07, 6.45) is 2.24. The molecule has 2 amide bonds. The maximum Gasteiger partial charge on any atom is 0.253 e. The highest BCUT2D eigenvalue weighted by Gasteiger charge is 2.23. The minimum atomic E-state index is 0.160. The second-order valence-corrected chi connectivity index (χ2v) is 8.24. The lowest BCUT2D eigenvalue weighted by atomic mass is 10.1. The lowest BCUT2D eigenvalue weighted by Gasteiger charge is -2.36. The van der Waals surface area contributed by atoms with Gasteiger partial charge in [0.05, 0.1) is 19.8 Å². The Balaban J connectivity index is 1.21. The Bertz CT molecular complexity index is 689. The van der Waals surface area contributed by atoms with Gasteiger partial charge in [0.25, 0.3) is 5.91 Å². The average Bonchev–Trinajstić information content (AvgIpc) is 3.31. The van der Waals surface area contributed by atoms with Crippen molar-refractivity contribution in [2.45, 2.75) is 19.4 Å². The molecule has 158 valence electrons. The van der Waals surface area contributed by atoms with Gasteiger partial charge in [-0.05, 0) is 30.5 Å². The number of carbonyl (C=O) groups is 2. The van der Waals surface area contributed by atoms with E-state index in [1.54, 1.807) is 0 Å². The summed E-state index contributed by atoms with van der Waals surface area (Å²) in [4.78, 5) is 33.4. The monoisotopic (exact) mass is 400 g/mol. The maximum atomic E-state index is 12.5. The van der Waals surface area contributed by atoms with E-state index in [0.717, 1.165) is 77.3 Å². The highest BCUT2D eigenvalue weighted by molar-refractivity contribution is 5.94. The first-order valence-corrected chi connectivity index (χ1v) is 10.9. The Morgan fingerprint density at radius 3 is 2.03 bits per heavy atom. The summed E-state index contributed by atoms with van der Waals surface area (Å²) in [7, 11) is 0. The largest absolute Gasteiger partial charge is 0.378 e. The Morgan fingerprint density at radius 2 is 1.38 bits per heavy atom. The van der Waals surface area contributed by atoms with E-state index >= 15 is 0 Å². The number of hydrogen-bond acceptors (Lipinski definition) is 5. The molecule has 0 unspecified atom stereocenters. The lowest BCUT2D eigenvalue weighted by molar-refractivity contribution is -0.136. The van der Waals surface area contributed by atoms with Crippen LogP contribution in [0.2, 0.25) is 0 Å². The van der Waals surface area contributed by atoms with Crippen LogP contribution in [0.4, 0.5) is 0 Å². The standard InChI is InChI=1S/C22H32N4O3/c27-21(25-13-15-29-16-14-25)18-24-11-9-23(10-12-24)17-19-3-5-20(6-4-19)22(28)26-7-1-2-8-26/h3-6H,1-2,7-18H2. The van der Waals surface area contributed by atoms with Crippen molar-refractivity contribution in [2.75, 3.05) is 72.1 Å². The van der Waals surface area contributed by atoms with Crippen molar-refractivity contribution in [3.8, 4) is 0 Å². The summed E-state index contributed by atoms with van der Waals surface area (Å²) in [6, 6.07) is 8.09. The van der Waals surface area contributed by atoms with Crippen LogP contribution in [-0.2, 0) is 16.1 Å². The molecule has 3 fully saturated rings. The molecule has 1 aromatic carbocycles. The number of morpholine rings is 1. The van der Waals surface area contributed by atoms with Crippen LogP contribution in [0.25, 0.3) is 0 Å². The Kier molecular flexibility index (Phi) is 6.79. The molecule has 0 atom stereocenters. The quantitative estimate of drug-likeness (QED) is 0.735. The van der Waals surface area contributed by atoms with Crippen molar-refractivity contribution in [3.63, 3.8) is 0 Å². The number of carbonyl (C=O) groups excluding carboxylic acids is 2. The predicted molar refractivity (Wildman–Crippen MR) is 111 cm³/mol. The zero-order valence-corrected chi connectivity index (χ0v) is 17.2. The number of nitrogens with zero attached hydrogens (tertiary/aromatic N) is 4. The molecule has 0 spiro atoms. The molecule has 3 saturated heterocycles. The average molecular weight is 401 g/mol. The first-order chi connectivity index (χ1) is 14.2. The van der Waals surface area contributed by atoms with Crippen LogP contribution in [0.3, 0.4) is 0 Å². The zero-order chi connectivity index (χ0) is 20.1. The normalized spacial score (nSPS) is 21.5. The van der Waals surface area contributed by atoms with Crippen molar-refractivity contribution in [1.82, 2.24) is 19.6 Å². The van der Waals surface area contributed by atoms with E-state index in [1.807, 2.05) is 21.9 Å². The lowest BCUT2D eigenvalue weighted by Crippen LogP contribution is -2.51. The fourth-order valence-electron chi connectivity index (χ4n) is 4.32. The molecule has 3 aliphatic heterocycles. The number of piperazine rings is 1. The zero-order valence-electron chi connectivity index (χ0n) is 17.2. The van der Waals surface area contributed by atoms with Gasteiger partial charge in [0.2, 0.25) is 5.91 Å². The molecular weight excluding hydrogens is 368 g/mol. The van der Waals surface area contributed by atoms with Gasteiger partial charge in [0, 0.05) is 64.5 Å². The molecule has 1 aromatic rings. The fraction of sp³-hybridized carbons (Fsp3) is 0.636. The third-order valence-electron chi connectivity index (χ3n) is 6.19. The fourth-order valence-corrected chi connectivity index (χ4v) is 4.32. The van der Waals surface area contributed by atoms with E-state index in [-0.39, 0.29) is 11.8 Å². The second kappa shape index (κ2) is 9.69. The van der Waals surface area contributed by atoms with E-state index in [0.29, 0.717) is 19.8 Å². The minimum Gasteiger partial charge on any atom is -0.378 e. The van der Waals surface area contributed by atoms with Crippen LogP contribution >= 0.6 is 0 Å². The third-order valence-corrected chi connectivity index (χ3v) is 6.19. The SMILES string of the molecule is O=C(CN1CCN(Cc2ccc(C(=O)N3CCCC3)cc2)CC1)N1CCOCC1. The van der Waals surface area contributed by atoms with Gasteiger partial charge in [-0.3, -0.25) is 19.4 Å². The molecule has 0 N–H and O–H groups in total. The number of rotatable bonds is 5. The summed E-state index contributed by atoms with van der Waals surface area (Å²) >= 11 is 0. The number of hydrogen-bond donors (Lipinski definition) is 0. The van der Waals surface area contributed by atoms with Crippen molar-refractivity contribution < 1.29 is 14.3 Å². The van der Waals surface area contributed by atoms with Crippen molar-refractivity contribution >= 4 is 11.8 Å². The summed E-state index contributed by atoms with van der Waals surface area (Å²) in [5.41, 5.74) is 2.03. The van der Waals surface area contributed by atoms with E-state index in [4.69, 9.17) is 4.74 Å². The summed E-state index contributed by atoms with van der Waals surface area (Å²) < 4.78 is 5.32. The van der Waals surface area contributed by atoms with Gasteiger partial charge in [-0.2, -0.15) is 0 Å². The van der Waals surface area contributed by atoms with Gasteiger partial charge in [0.1, 0.15) is 0 Å². The molecule has 3 heterocycles. The van der Waals surface area contributed by atoms with E-state index in [9.17, 15) is 9.59 Å². The van der Waals surface area contributed by atoms with Gasteiger partial charge in [-0.15, -0.1) is 0 Å². The molecule has 0 aromatic heterocycles. The topological polar surface area (TPSA) is 56.3 Å². The molecule has 0 aliphatic carbocycles. The van der Waals surface area contributed by atoms with Crippen LogP contribution in [0.5, 0.6) is 0 Å². The Labute approximate surface area is 173 Å². The summed E-state index contributed by atoms with van der Waals surface area (Å²) in [5.74, 6) is 0.382. The van der Waals surface area contributed by atoms with Gasteiger partial charge >= 0.3 is 0 Å². The maximum absolute atomic E-state index is 12.5. The van der Waals surface area contributed by atoms with Gasteiger partial charge in [0.15, 0.2) is 0 Å². The highest BCUT2D eigenvalue weighted by atomic mass is 16.5. The second-order valence-electron chi connectivity index (χ2n) is 8.24. The number of amides is 2. The number of likely N-dealkylation sites (tertiary alicyclic amines) is 1. The van der Waals surface area contributed by atoms with Crippen LogP contribution in [0, 0.1) is 0 Å². The molecule has 7 heteroatoms. The van der Waals surface area contributed by atoms with Gasteiger partial charge in [-0.25, -0.2) is 0 Å². The minimum absolute atomic E-state index is 0.160. The number of benzene rings is 1. The molecular formula is C22H32N4O3. The van der Waals surface area contributed by atoms with E-state index < -0.39 is 0 Å². The molecule has 0 bridgehead atoms. The highest BCUT2D eigenvalue weighted by Crippen LogP contribution is 2.15. The third kappa shape index (κ3) is 5.35. The summed E-state index contributed by atoms with van der Waals surface area (Å²) in [5, 5.41) is 0. The van der Waals surface area contributed by atoms with Gasteiger partial charge in [-0.1, -0.05) is 12.1 Å². The molecule has 0 radical (unpaired) electrons. The molecule has 7 nitrogen and oxygen atoms in total.